The molecule has 0 unspecified atom stereocenters. The van der Waals surface area contributed by atoms with E-state index in [1.165, 1.54) is 12.5 Å². The van der Waals surface area contributed by atoms with Gasteiger partial charge in [-0.05, 0) is 43.9 Å². The first-order chi connectivity index (χ1) is 9.65. The van der Waals surface area contributed by atoms with Crippen LogP contribution in [0.5, 0.6) is 0 Å². The van der Waals surface area contributed by atoms with Crippen LogP contribution in [-0.2, 0) is 9.53 Å². The van der Waals surface area contributed by atoms with Crippen LogP contribution in [0.4, 0.5) is 0 Å². The van der Waals surface area contributed by atoms with Gasteiger partial charge < -0.3 is 4.74 Å². The SMILES string of the molecule is O=C1C=C(OC2CCCCC2)c2cc(Cl)ccc2C1=O. The third-order valence-corrected chi connectivity index (χ3v) is 4.06. The zero-order chi connectivity index (χ0) is 14.1. The van der Waals surface area contributed by atoms with Crippen LogP contribution in [0.1, 0.15) is 48.0 Å². The lowest BCUT2D eigenvalue weighted by Gasteiger charge is -2.26. The van der Waals surface area contributed by atoms with Gasteiger partial charge in [0.15, 0.2) is 0 Å². The number of carbonyl (C=O) groups excluding carboxylic acids is 2. The minimum absolute atomic E-state index is 0.128. The van der Waals surface area contributed by atoms with Gasteiger partial charge in [0, 0.05) is 22.2 Å². The molecule has 2 aliphatic carbocycles. The number of hydrogen-bond donors (Lipinski definition) is 0. The Morgan fingerprint density at radius 2 is 1.80 bits per heavy atom. The van der Waals surface area contributed by atoms with E-state index in [0.717, 1.165) is 25.7 Å². The molecule has 1 saturated carbocycles. The second-order valence-electron chi connectivity index (χ2n) is 5.27. The Kier molecular flexibility index (Phi) is 3.62. The summed E-state index contributed by atoms with van der Waals surface area (Å²) in [5, 5.41) is 0.532. The van der Waals surface area contributed by atoms with Crippen LogP contribution >= 0.6 is 11.6 Å². The third-order valence-electron chi connectivity index (χ3n) is 3.82. The van der Waals surface area contributed by atoms with Crippen molar-refractivity contribution in [3.05, 3.63) is 40.4 Å². The standard InChI is InChI=1S/C16H15ClO3/c17-10-6-7-12-13(8-10)15(9-14(18)16(12)19)20-11-4-2-1-3-5-11/h6-9,11H,1-5H2. The minimum Gasteiger partial charge on any atom is -0.490 e. The van der Waals surface area contributed by atoms with E-state index in [9.17, 15) is 9.59 Å². The zero-order valence-electron chi connectivity index (χ0n) is 11.0. The number of fused-ring (bicyclic) bond motifs is 1. The predicted octanol–water partition coefficient (Wildman–Crippen LogP) is 3.80. The van der Waals surface area contributed by atoms with Gasteiger partial charge in [0.05, 0.1) is 6.10 Å². The van der Waals surface area contributed by atoms with Crippen molar-refractivity contribution in [3.63, 3.8) is 0 Å². The van der Waals surface area contributed by atoms with E-state index in [-0.39, 0.29) is 6.10 Å². The molecule has 0 saturated heterocycles. The number of halogens is 1. The molecule has 0 amide bonds. The molecular weight excluding hydrogens is 276 g/mol. The Bertz CT molecular complexity index is 598. The Hall–Kier alpha value is -1.61. The summed E-state index contributed by atoms with van der Waals surface area (Å²) in [5.41, 5.74) is 1.01. The average molecular weight is 291 g/mol. The molecule has 0 atom stereocenters. The topological polar surface area (TPSA) is 43.4 Å². The first-order valence-corrected chi connectivity index (χ1v) is 7.30. The molecule has 0 bridgehead atoms. The molecule has 20 heavy (non-hydrogen) atoms. The smallest absolute Gasteiger partial charge is 0.233 e. The first-order valence-electron chi connectivity index (χ1n) is 6.92. The number of ether oxygens (including phenoxy) is 1. The molecule has 2 aliphatic rings. The van der Waals surface area contributed by atoms with E-state index >= 15 is 0 Å². The molecule has 1 fully saturated rings. The van der Waals surface area contributed by atoms with Gasteiger partial charge in [0.25, 0.3) is 0 Å². The van der Waals surface area contributed by atoms with E-state index in [1.54, 1.807) is 18.2 Å². The first kappa shape index (κ1) is 13.4. The lowest BCUT2D eigenvalue weighted by atomic mass is 9.93. The van der Waals surface area contributed by atoms with E-state index in [0.29, 0.717) is 21.9 Å². The Morgan fingerprint density at radius 3 is 2.55 bits per heavy atom. The number of carbonyl (C=O) groups is 2. The van der Waals surface area contributed by atoms with Crippen LogP contribution in [0, 0.1) is 0 Å². The van der Waals surface area contributed by atoms with Crippen LogP contribution in [0.25, 0.3) is 5.76 Å². The second kappa shape index (κ2) is 5.41. The molecule has 0 aromatic heterocycles. The second-order valence-corrected chi connectivity index (χ2v) is 5.71. The maximum atomic E-state index is 11.9. The molecule has 0 heterocycles. The quantitative estimate of drug-likeness (QED) is 0.778. The van der Waals surface area contributed by atoms with Crippen molar-refractivity contribution in [2.75, 3.05) is 0 Å². The summed E-state index contributed by atoms with van der Waals surface area (Å²) in [5.74, 6) is -0.530. The monoisotopic (exact) mass is 290 g/mol. The number of allylic oxidation sites excluding steroid dienone is 1. The highest BCUT2D eigenvalue weighted by molar-refractivity contribution is 6.50. The van der Waals surface area contributed by atoms with E-state index in [2.05, 4.69) is 0 Å². The zero-order valence-corrected chi connectivity index (χ0v) is 11.8. The number of benzene rings is 1. The fourth-order valence-electron chi connectivity index (χ4n) is 2.77. The minimum atomic E-state index is -0.523. The van der Waals surface area contributed by atoms with Crippen LogP contribution < -0.4 is 0 Å². The molecule has 0 aliphatic heterocycles. The molecule has 3 nitrogen and oxygen atoms in total. The van der Waals surface area contributed by atoms with E-state index in [4.69, 9.17) is 16.3 Å². The number of Topliss-reactive ketones (excluding diaryl/α,β-unsaturated/α-hetero) is 1. The van der Waals surface area contributed by atoms with Gasteiger partial charge in [-0.2, -0.15) is 0 Å². The van der Waals surface area contributed by atoms with Crippen LogP contribution in [0.3, 0.4) is 0 Å². The van der Waals surface area contributed by atoms with Crippen molar-refractivity contribution in [2.45, 2.75) is 38.2 Å². The summed E-state index contributed by atoms with van der Waals surface area (Å²) >= 11 is 5.99. The molecular formula is C16H15ClO3. The molecule has 1 aromatic carbocycles. The van der Waals surface area contributed by atoms with Gasteiger partial charge in [-0.3, -0.25) is 9.59 Å². The summed E-state index contributed by atoms with van der Waals surface area (Å²) in [6, 6.07) is 4.90. The van der Waals surface area contributed by atoms with Crippen molar-refractivity contribution in [1.82, 2.24) is 0 Å². The summed E-state index contributed by atoms with van der Waals surface area (Å²) in [6.45, 7) is 0. The summed E-state index contributed by atoms with van der Waals surface area (Å²) < 4.78 is 5.96. The highest BCUT2D eigenvalue weighted by atomic mass is 35.5. The number of rotatable bonds is 2. The molecule has 1 aromatic rings. The molecule has 4 heteroatoms. The summed E-state index contributed by atoms with van der Waals surface area (Å²) in [7, 11) is 0. The molecule has 0 N–H and O–H groups in total. The lowest BCUT2D eigenvalue weighted by molar-refractivity contribution is -0.111. The van der Waals surface area contributed by atoms with Gasteiger partial charge in [0.1, 0.15) is 5.76 Å². The fourth-order valence-corrected chi connectivity index (χ4v) is 2.95. The van der Waals surface area contributed by atoms with E-state index in [1.807, 2.05) is 0 Å². The van der Waals surface area contributed by atoms with Gasteiger partial charge >= 0.3 is 0 Å². The number of ketones is 2. The van der Waals surface area contributed by atoms with Crippen molar-refractivity contribution in [2.24, 2.45) is 0 Å². The highest BCUT2D eigenvalue weighted by Gasteiger charge is 2.28. The average Bonchev–Trinajstić information content (AvgIpc) is 2.45. The predicted molar refractivity (Wildman–Crippen MR) is 76.7 cm³/mol. The maximum absolute atomic E-state index is 11.9. The van der Waals surface area contributed by atoms with Gasteiger partial charge in [-0.1, -0.05) is 18.0 Å². The molecule has 3 rings (SSSR count). The van der Waals surface area contributed by atoms with Gasteiger partial charge in [0.2, 0.25) is 11.6 Å². The normalized spacial score (nSPS) is 19.6. The van der Waals surface area contributed by atoms with Gasteiger partial charge in [-0.25, -0.2) is 0 Å². The maximum Gasteiger partial charge on any atom is 0.233 e. The van der Waals surface area contributed by atoms with Crippen molar-refractivity contribution >= 4 is 28.9 Å². The Balaban J connectivity index is 1.93. The van der Waals surface area contributed by atoms with Gasteiger partial charge in [-0.15, -0.1) is 0 Å². The molecule has 0 spiro atoms. The van der Waals surface area contributed by atoms with Crippen molar-refractivity contribution < 1.29 is 14.3 Å². The van der Waals surface area contributed by atoms with Crippen LogP contribution in [0.2, 0.25) is 5.02 Å². The fraction of sp³-hybridized carbons (Fsp3) is 0.375. The third kappa shape index (κ3) is 2.50. The van der Waals surface area contributed by atoms with E-state index < -0.39 is 11.6 Å². The highest BCUT2D eigenvalue weighted by Crippen LogP contribution is 2.32. The largest absolute Gasteiger partial charge is 0.490 e. The van der Waals surface area contributed by atoms with Crippen molar-refractivity contribution in [1.29, 1.82) is 0 Å². The van der Waals surface area contributed by atoms with Crippen molar-refractivity contribution in [3.8, 4) is 0 Å². The summed E-state index contributed by atoms with van der Waals surface area (Å²) in [6.07, 6.45) is 6.95. The number of hydrogen-bond acceptors (Lipinski definition) is 3. The summed E-state index contributed by atoms with van der Waals surface area (Å²) in [4.78, 5) is 23.6. The van der Waals surface area contributed by atoms with Crippen LogP contribution in [0.15, 0.2) is 24.3 Å². The molecule has 104 valence electrons. The lowest BCUT2D eigenvalue weighted by Crippen LogP contribution is -2.23. The van der Waals surface area contributed by atoms with Crippen LogP contribution in [-0.4, -0.2) is 17.7 Å². The Labute approximate surface area is 122 Å². The Morgan fingerprint density at radius 1 is 1.05 bits per heavy atom. The molecule has 0 radical (unpaired) electrons.